The van der Waals surface area contributed by atoms with Gasteiger partial charge in [-0.2, -0.15) is 5.10 Å². The van der Waals surface area contributed by atoms with Crippen LogP contribution in [0, 0.1) is 0 Å². The van der Waals surface area contributed by atoms with Gasteiger partial charge in [-0.25, -0.2) is 4.68 Å². The highest BCUT2D eigenvalue weighted by Gasteiger charge is 2.11. The van der Waals surface area contributed by atoms with Gasteiger partial charge in [0.05, 0.1) is 17.4 Å². The van der Waals surface area contributed by atoms with E-state index >= 15 is 0 Å². The van der Waals surface area contributed by atoms with Crippen LogP contribution in [0.3, 0.4) is 0 Å². The SMILES string of the molecule is NC(=O)c1cnn(-c2cc(Cl)ccc2C(N)=S)c1. The first-order chi connectivity index (χ1) is 8.49. The molecule has 5 nitrogen and oxygen atoms in total. The first-order valence-electron chi connectivity index (χ1n) is 4.93. The van der Waals surface area contributed by atoms with Crippen LogP contribution in [-0.2, 0) is 0 Å². The molecule has 0 aliphatic carbocycles. The van der Waals surface area contributed by atoms with E-state index in [1.54, 1.807) is 18.2 Å². The Morgan fingerprint density at radius 3 is 2.67 bits per heavy atom. The van der Waals surface area contributed by atoms with E-state index in [-0.39, 0.29) is 4.99 Å². The molecule has 2 aromatic rings. The Labute approximate surface area is 113 Å². The highest BCUT2D eigenvalue weighted by atomic mass is 35.5. The van der Waals surface area contributed by atoms with Crippen molar-refractivity contribution in [2.45, 2.75) is 0 Å². The molecule has 1 aromatic heterocycles. The number of rotatable bonds is 3. The second kappa shape index (κ2) is 4.75. The third kappa shape index (κ3) is 2.34. The highest BCUT2D eigenvalue weighted by molar-refractivity contribution is 7.80. The summed E-state index contributed by atoms with van der Waals surface area (Å²) in [5.74, 6) is -0.555. The maximum absolute atomic E-state index is 11.0. The van der Waals surface area contributed by atoms with Gasteiger partial charge in [-0.15, -0.1) is 0 Å². The molecule has 0 radical (unpaired) electrons. The van der Waals surface area contributed by atoms with Crippen LogP contribution in [0.1, 0.15) is 15.9 Å². The lowest BCUT2D eigenvalue weighted by atomic mass is 10.2. The van der Waals surface area contributed by atoms with Gasteiger partial charge in [-0.05, 0) is 18.2 Å². The van der Waals surface area contributed by atoms with Gasteiger partial charge < -0.3 is 11.5 Å². The summed E-state index contributed by atoms with van der Waals surface area (Å²) in [5, 5.41) is 4.55. The quantitative estimate of drug-likeness (QED) is 0.829. The monoisotopic (exact) mass is 280 g/mol. The van der Waals surface area contributed by atoms with Crippen molar-refractivity contribution in [3.63, 3.8) is 0 Å². The maximum Gasteiger partial charge on any atom is 0.251 e. The van der Waals surface area contributed by atoms with E-state index in [1.807, 2.05) is 0 Å². The Balaban J connectivity index is 2.57. The zero-order valence-corrected chi connectivity index (χ0v) is 10.7. The van der Waals surface area contributed by atoms with Gasteiger partial charge in [0.15, 0.2) is 0 Å². The van der Waals surface area contributed by atoms with Crippen LogP contribution in [0.5, 0.6) is 0 Å². The van der Waals surface area contributed by atoms with Gasteiger partial charge in [0.25, 0.3) is 5.91 Å². The molecule has 7 heteroatoms. The number of primary amides is 1. The maximum atomic E-state index is 11.0. The summed E-state index contributed by atoms with van der Waals surface area (Å²) >= 11 is 10.9. The summed E-state index contributed by atoms with van der Waals surface area (Å²) in [6.07, 6.45) is 2.86. The summed E-state index contributed by atoms with van der Waals surface area (Å²) in [6, 6.07) is 5.04. The number of amides is 1. The molecule has 0 aliphatic heterocycles. The zero-order chi connectivity index (χ0) is 13.3. The topological polar surface area (TPSA) is 86.9 Å². The molecule has 0 saturated carbocycles. The summed E-state index contributed by atoms with van der Waals surface area (Å²) in [5.41, 5.74) is 12.3. The van der Waals surface area contributed by atoms with Gasteiger partial charge in [0.1, 0.15) is 4.99 Å². The van der Waals surface area contributed by atoms with Crippen LogP contribution in [-0.4, -0.2) is 20.7 Å². The lowest BCUT2D eigenvalue weighted by molar-refractivity contribution is 0.100. The highest BCUT2D eigenvalue weighted by Crippen LogP contribution is 2.20. The molecule has 0 bridgehead atoms. The van der Waals surface area contributed by atoms with Crippen molar-refractivity contribution in [2.75, 3.05) is 0 Å². The van der Waals surface area contributed by atoms with E-state index in [0.717, 1.165) is 0 Å². The number of aromatic nitrogens is 2. The number of carbonyl (C=O) groups excluding carboxylic acids is 1. The van der Waals surface area contributed by atoms with Crippen LogP contribution in [0.15, 0.2) is 30.6 Å². The van der Waals surface area contributed by atoms with Crippen LogP contribution < -0.4 is 11.5 Å². The third-order valence-corrected chi connectivity index (χ3v) is 2.79. The Hall–Kier alpha value is -1.92. The van der Waals surface area contributed by atoms with Gasteiger partial charge in [0, 0.05) is 16.8 Å². The largest absolute Gasteiger partial charge is 0.389 e. The van der Waals surface area contributed by atoms with E-state index in [4.69, 9.17) is 35.3 Å². The molecule has 0 saturated heterocycles. The number of hydrogen-bond acceptors (Lipinski definition) is 3. The molecule has 1 heterocycles. The lowest BCUT2D eigenvalue weighted by Crippen LogP contribution is -2.14. The molecule has 0 aliphatic rings. The summed E-state index contributed by atoms with van der Waals surface area (Å²) < 4.78 is 1.46. The van der Waals surface area contributed by atoms with Crippen molar-refractivity contribution in [2.24, 2.45) is 11.5 Å². The standard InChI is InChI=1S/C11H9ClN4OS/c12-7-1-2-8(11(14)18)9(3-7)16-5-6(4-15-16)10(13)17/h1-5H,(H2,13,17)(H2,14,18). The Morgan fingerprint density at radius 2 is 2.11 bits per heavy atom. The molecule has 1 aromatic carbocycles. The van der Waals surface area contributed by atoms with Crippen LogP contribution in [0.25, 0.3) is 5.69 Å². The zero-order valence-electron chi connectivity index (χ0n) is 9.13. The Bertz CT molecular complexity index is 638. The summed E-state index contributed by atoms with van der Waals surface area (Å²) in [4.78, 5) is 11.2. The van der Waals surface area contributed by atoms with Gasteiger partial charge in [0.2, 0.25) is 0 Å². The van der Waals surface area contributed by atoms with E-state index in [0.29, 0.717) is 21.8 Å². The van der Waals surface area contributed by atoms with Crippen molar-refractivity contribution in [3.8, 4) is 5.69 Å². The minimum atomic E-state index is -0.555. The lowest BCUT2D eigenvalue weighted by Gasteiger charge is -2.08. The number of carbonyl (C=O) groups is 1. The fourth-order valence-corrected chi connectivity index (χ4v) is 1.82. The Morgan fingerprint density at radius 1 is 1.39 bits per heavy atom. The normalized spacial score (nSPS) is 10.3. The van der Waals surface area contributed by atoms with Gasteiger partial charge >= 0.3 is 0 Å². The van der Waals surface area contributed by atoms with Gasteiger partial charge in [-0.3, -0.25) is 4.79 Å². The number of halogens is 1. The van der Waals surface area contributed by atoms with Gasteiger partial charge in [-0.1, -0.05) is 23.8 Å². The fraction of sp³-hybridized carbons (Fsp3) is 0. The molecule has 4 N–H and O–H groups in total. The minimum Gasteiger partial charge on any atom is -0.389 e. The van der Waals surface area contributed by atoms with E-state index in [1.165, 1.54) is 17.1 Å². The number of thiocarbonyl (C=S) groups is 1. The van der Waals surface area contributed by atoms with Crippen LogP contribution in [0.4, 0.5) is 0 Å². The molecule has 0 fully saturated rings. The van der Waals surface area contributed by atoms with Crippen molar-refractivity contribution < 1.29 is 4.79 Å². The van der Waals surface area contributed by atoms with Crippen LogP contribution >= 0.6 is 23.8 Å². The smallest absolute Gasteiger partial charge is 0.251 e. The van der Waals surface area contributed by atoms with Crippen molar-refractivity contribution in [1.82, 2.24) is 9.78 Å². The molecular formula is C11H9ClN4OS. The first-order valence-corrected chi connectivity index (χ1v) is 5.72. The third-order valence-electron chi connectivity index (χ3n) is 2.34. The molecule has 0 unspecified atom stereocenters. The number of nitrogens with two attached hydrogens (primary N) is 2. The first kappa shape index (κ1) is 12.5. The summed E-state index contributed by atoms with van der Waals surface area (Å²) in [7, 11) is 0. The average molecular weight is 281 g/mol. The van der Waals surface area contributed by atoms with Crippen LogP contribution in [0.2, 0.25) is 5.02 Å². The van der Waals surface area contributed by atoms with Crippen molar-refractivity contribution in [1.29, 1.82) is 0 Å². The molecular weight excluding hydrogens is 272 g/mol. The van der Waals surface area contributed by atoms with E-state index < -0.39 is 5.91 Å². The van der Waals surface area contributed by atoms with Crippen molar-refractivity contribution >= 4 is 34.7 Å². The minimum absolute atomic E-state index is 0.220. The predicted molar refractivity (Wildman–Crippen MR) is 73.0 cm³/mol. The van der Waals surface area contributed by atoms with E-state index in [9.17, 15) is 4.79 Å². The van der Waals surface area contributed by atoms with E-state index in [2.05, 4.69) is 5.10 Å². The predicted octanol–water partition coefficient (Wildman–Crippen LogP) is 1.26. The molecule has 2 rings (SSSR count). The molecule has 92 valence electrons. The number of benzene rings is 1. The Kier molecular flexibility index (Phi) is 3.31. The number of nitrogens with zero attached hydrogens (tertiary/aromatic N) is 2. The second-order valence-corrected chi connectivity index (χ2v) is 4.44. The average Bonchev–Trinajstić information content (AvgIpc) is 2.77. The number of hydrogen-bond donors (Lipinski definition) is 2. The molecule has 1 amide bonds. The molecule has 0 atom stereocenters. The molecule has 18 heavy (non-hydrogen) atoms. The summed E-state index contributed by atoms with van der Waals surface area (Å²) in [6.45, 7) is 0. The molecule has 0 spiro atoms. The second-order valence-electron chi connectivity index (χ2n) is 3.56. The fourth-order valence-electron chi connectivity index (χ4n) is 1.48. The van der Waals surface area contributed by atoms with Crippen molar-refractivity contribution in [3.05, 3.63) is 46.7 Å².